The van der Waals surface area contributed by atoms with Crippen LogP contribution >= 0.6 is 0 Å². The van der Waals surface area contributed by atoms with Crippen molar-refractivity contribution in [1.29, 1.82) is 0 Å². The van der Waals surface area contributed by atoms with Gasteiger partial charge >= 0.3 is 6.18 Å². The Labute approximate surface area is 75.1 Å². The van der Waals surface area contributed by atoms with Gasteiger partial charge in [0.15, 0.2) is 5.60 Å². The van der Waals surface area contributed by atoms with E-state index in [4.69, 9.17) is 0 Å². The molecule has 0 amide bonds. The molecule has 1 saturated heterocycles. The summed E-state index contributed by atoms with van der Waals surface area (Å²) in [6.45, 7) is 1.97. The number of hydrogen-bond acceptors (Lipinski definition) is 2. The maximum Gasteiger partial charge on any atom is 0.417 e. The Kier molecular flexibility index (Phi) is 2.87. The lowest BCUT2D eigenvalue weighted by molar-refractivity contribution is -0.274. The maximum atomic E-state index is 12.3. The van der Waals surface area contributed by atoms with Crippen LogP contribution in [0, 0.1) is 5.92 Å². The normalized spacial score (nSPS) is 25.6. The van der Waals surface area contributed by atoms with Crippen LogP contribution in [0.1, 0.15) is 19.8 Å². The van der Waals surface area contributed by atoms with E-state index in [1.807, 2.05) is 0 Å². The summed E-state index contributed by atoms with van der Waals surface area (Å²) < 4.78 is 37.0. The van der Waals surface area contributed by atoms with Gasteiger partial charge in [0.25, 0.3) is 0 Å². The molecule has 1 heterocycles. The molecule has 1 aliphatic rings. The van der Waals surface area contributed by atoms with Crippen molar-refractivity contribution >= 4 is 0 Å². The third-order valence-electron chi connectivity index (χ3n) is 2.71. The maximum absolute atomic E-state index is 12.3. The van der Waals surface area contributed by atoms with E-state index in [2.05, 4.69) is 5.32 Å². The van der Waals surface area contributed by atoms with E-state index in [1.54, 1.807) is 0 Å². The summed E-state index contributed by atoms with van der Waals surface area (Å²) in [5.74, 6) is -0.672. The number of alkyl halides is 3. The Morgan fingerprint density at radius 3 is 2.08 bits per heavy atom. The van der Waals surface area contributed by atoms with Gasteiger partial charge in [0.05, 0.1) is 0 Å². The first-order chi connectivity index (χ1) is 5.86. The Balaban J connectivity index is 2.67. The van der Waals surface area contributed by atoms with Gasteiger partial charge in [-0.1, -0.05) is 0 Å². The summed E-state index contributed by atoms with van der Waals surface area (Å²) in [4.78, 5) is 0. The summed E-state index contributed by atoms with van der Waals surface area (Å²) in [6, 6.07) is 0. The van der Waals surface area contributed by atoms with Gasteiger partial charge in [0, 0.05) is 0 Å². The Bertz CT molecular complexity index is 173. The highest BCUT2D eigenvalue weighted by molar-refractivity contribution is 4.91. The van der Waals surface area contributed by atoms with Crippen molar-refractivity contribution in [3.05, 3.63) is 0 Å². The van der Waals surface area contributed by atoms with Crippen LogP contribution in [0.2, 0.25) is 0 Å². The van der Waals surface area contributed by atoms with Crippen molar-refractivity contribution in [1.82, 2.24) is 5.32 Å². The van der Waals surface area contributed by atoms with Gasteiger partial charge < -0.3 is 10.4 Å². The number of nitrogens with one attached hydrogen (secondary N) is 1. The molecule has 0 unspecified atom stereocenters. The van der Waals surface area contributed by atoms with Crippen LogP contribution in [0.25, 0.3) is 0 Å². The fourth-order valence-electron chi connectivity index (χ4n) is 1.62. The third-order valence-corrected chi connectivity index (χ3v) is 2.71. The van der Waals surface area contributed by atoms with Crippen LogP contribution in [-0.4, -0.2) is 30.0 Å². The second-order valence-electron chi connectivity index (χ2n) is 3.67. The first-order valence-corrected chi connectivity index (χ1v) is 4.35. The van der Waals surface area contributed by atoms with E-state index in [0.717, 1.165) is 6.92 Å². The second-order valence-corrected chi connectivity index (χ2v) is 3.67. The molecule has 0 bridgehead atoms. The van der Waals surface area contributed by atoms with E-state index in [-0.39, 0.29) is 0 Å². The predicted octanol–water partition coefficient (Wildman–Crippen LogP) is 1.30. The third kappa shape index (κ3) is 2.14. The van der Waals surface area contributed by atoms with Crippen LogP contribution in [0.4, 0.5) is 13.2 Å². The standard InChI is InChI=1S/C8H14F3NO/c1-7(13,8(9,10)11)6-2-4-12-5-3-6/h6,12-13H,2-5H2,1H3/t7-/m1/s1. The fourth-order valence-corrected chi connectivity index (χ4v) is 1.62. The minimum absolute atomic E-state index is 0.381. The average molecular weight is 197 g/mol. The van der Waals surface area contributed by atoms with Gasteiger partial charge in [-0.05, 0) is 38.8 Å². The summed E-state index contributed by atoms with van der Waals surface area (Å²) in [5.41, 5.74) is -2.53. The van der Waals surface area contributed by atoms with E-state index in [9.17, 15) is 18.3 Å². The highest BCUT2D eigenvalue weighted by Crippen LogP contribution is 2.39. The van der Waals surface area contributed by atoms with Gasteiger partial charge in [-0.25, -0.2) is 0 Å². The van der Waals surface area contributed by atoms with E-state index in [0.29, 0.717) is 25.9 Å². The molecule has 2 N–H and O–H groups in total. The molecule has 0 aliphatic carbocycles. The molecule has 0 saturated carbocycles. The van der Waals surface area contributed by atoms with Crippen LogP contribution in [0.15, 0.2) is 0 Å². The molecule has 2 nitrogen and oxygen atoms in total. The molecule has 1 atom stereocenters. The monoisotopic (exact) mass is 197 g/mol. The van der Waals surface area contributed by atoms with Crippen molar-refractivity contribution in [3.63, 3.8) is 0 Å². The predicted molar refractivity (Wildman–Crippen MR) is 42.3 cm³/mol. The fraction of sp³-hybridized carbons (Fsp3) is 1.00. The molecule has 13 heavy (non-hydrogen) atoms. The first-order valence-electron chi connectivity index (χ1n) is 4.35. The molecule has 0 aromatic heterocycles. The van der Waals surface area contributed by atoms with Crippen LogP contribution in [-0.2, 0) is 0 Å². The average Bonchev–Trinajstić information content (AvgIpc) is 2.04. The van der Waals surface area contributed by atoms with E-state index in [1.165, 1.54) is 0 Å². The molecule has 1 aliphatic heterocycles. The zero-order valence-corrected chi connectivity index (χ0v) is 7.49. The van der Waals surface area contributed by atoms with Gasteiger partial charge in [0.2, 0.25) is 0 Å². The zero-order chi connectivity index (χ0) is 10.1. The SMILES string of the molecule is C[C@@](O)(C1CCNCC1)C(F)(F)F. The summed E-state index contributed by atoms with van der Waals surface area (Å²) >= 11 is 0. The van der Waals surface area contributed by atoms with Crippen molar-refractivity contribution in [3.8, 4) is 0 Å². The van der Waals surface area contributed by atoms with Crippen molar-refractivity contribution in [2.45, 2.75) is 31.5 Å². The van der Waals surface area contributed by atoms with E-state index >= 15 is 0 Å². The van der Waals surface area contributed by atoms with Crippen molar-refractivity contribution in [2.24, 2.45) is 5.92 Å². The molecule has 1 rings (SSSR count). The largest absolute Gasteiger partial charge is 0.417 e. The highest BCUT2D eigenvalue weighted by atomic mass is 19.4. The molecule has 0 aromatic rings. The van der Waals surface area contributed by atoms with Gasteiger partial charge in [0.1, 0.15) is 0 Å². The molecule has 5 heteroatoms. The van der Waals surface area contributed by atoms with Gasteiger partial charge in [-0.2, -0.15) is 13.2 Å². The summed E-state index contributed by atoms with van der Waals surface area (Å²) in [7, 11) is 0. The molecule has 1 fully saturated rings. The van der Waals surface area contributed by atoms with Gasteiger partial charge in [-0.15, -0.1) is 0 Å². The topological polar surface area (TPSA) is 32.3 Å². The smallest absolute Gasteiger partial charge is 0.380 e. The minimum Gasteiger partial charge on any atom is -0.380 e. The summed E-state index contributed by atoms with van der Waals surface area (Å²) in [6.07, 6.45) is -3.76. The second kappa shape index (κ2) is 3.46. The molecular formula is C8H14F3NO. The molecule has 78 valence electrons. The number of rotatable bonds is 1. The molecular weight excluding hydrogens is 183 g/mol. The number of aliphatic hydroxyl groups is 1. The number of halogens is 3. The lowest BCUT2D eigenvalue weighted by atomic mass is 9.82. The van der Waals surface area contributed by atoms with Crippen molar-refractivity contribution in [2.75, 3.05) is 13.1 Å². The van der Waals surface area contributed by atoms with Crippen LogP contribution in [0.3, 0.4) is 0 Å². The lowest BCUT2D eigenvalue weighted by Crippen LogP contribution is -2.51. The van der Waals surface area contributed by atoms with Crippen LogP contribution < -0.4 is 5.32 Å². The van der Waals surface area contributed by atoms with Gasteiger partial charge in [-0.3, -0.25) is 0 Å². The molecule has 0 radical (unpaired) electrons. The summed E-state index contributed by atoms with van der Waals surface area (Å²) in [5, 5.41) is 12.3. The Morgan fingerprint density at radius 2 is 1.69 bits per heavy atom. The number of hydrogen-bond donors (Lipinski definition) is 2. The minimum atomic E-state index is -4.52. The number of piperidine rings is 1. The highest BCUT2D eigenvalue weighted by Gasteiger charge is 2.54. The van der Waals surface area contributed by atoms with E-state index < -0.39 is 17.7 Å². The van der Waals surface area contributed by atoms with Crippen LogP contribution in [0.5, 0.6) is 0 Å². The Morgan fingerprint density at radius 1 is 1.23 bits per heavy atom. The Hall–Kier alpha value is -0.290. The molecule has 0 spiro atoms. The lowest BCUT2D eigenvalue weighted by Gasteiger charge is -2.37. The first kappa shape index (κ1) is 10.8. The zero-order valence-electron chi connectivity index (χ0n) is 7.49. The quantitative estimate of drug-likeness (QED) is 0.664. The van der Waals surface area contributed by atoms with Crippen molar-refractivity contribution < 1.29 is 18.3 Å². The molecule has 0 aromatic carbocycles.